The fourth-order valence-corrected chi connectivity index (χ4v) is 1.78. The molecule has 0 aromatic carbocycles. The van der Waals surface area contributed by atoms with E-state index in [0.717, 1.165) is 0 Å². The van der Waals surface area contributed by atoms with Gasteiger partial charge in [0.1, 0.15) is 11.2 Å². The van der Waals surface area contributed by atoms with Crippen LogP contribution >= 0.6 is 11.6 Å². The monoisotopic (exact) mass is 268 g/mol. The van der Waals surface area contributed by atoms with E-state index in [4.69, 9.17) is 21.1 Å². The van der Waals surface area contributed by atoms with E-state index in [-0.39, 0.29) is 6.61 Å². The van der Waals surface area contributed by atoms with Crippen molar-refractivity contribution in [1.82, 2.24) is 9.61 Å². The second-order valence-corrected chi connectivity index (χ2v) is 4.03. The van der Waals surface area contributed by atoms with Crippen molar-refractivity contribution in [2.45, 2.75) is 20.3 Å². The van der Waals surface area contributed by atoms with Gasteiger partial charge in [-0.15, -0.1) is 0 Å². The third-order valence-corrected chi connectivity index (χ3v) is 2.64. The third kappa shape index (κ3) is 2.41. The Balaban J connectivity index is 2.45. The summed E-state index contributed by atoms with van der Waals surface area (Å²) in [5, 5.41) is 4.87. The topological polar surface area (TPSA) is 52.8 Å². The second kappa shape index (κ2) is 5.27. The van der Waals surface area contributed by atoms with Crippen molar-refractivity contribution in [2.75, 3.05) is 6.61 Å². The number of pyridine rings is 1. The zero-order valence-corrected chi connectivity index (χ0v) is 10.9. The highest BCUT2D eigenvalue weighted by molar-refractivity contribution is 6.30. The first-order valence-corrected chi connectivity index (χ1v) is 6.04. The van der Waals surface area contributed by atoms with Gasteiger partial charge in [0.2, 0.25) is 0 Å². The van der Waals surface area contributed by atoms with Crippen LogP contribution in [0, 0.1) is 0 Å². The molecule has 6 heteroatoms. The number of rotatable bonds is 3. The molecule has 0 atom stereocenters. The van der Waals surface area contributed by atoms with Crippen LogP contribution in [-0.2, 0) is 11.2 Å². The number of hydrogen-bond donors (Lipinski definition) is 0. The standard InChI is InChI=1S/C12H13ClN2O3/c1-3-9-11(18-12(16)17-4-2)10-7-8(13)5-6-15(10)14-9/h5-7H,3-4H2,1-2H3. The van der Waals surface area contributed by atoms with E-state index in [2.05, 4.69) is 5.10 Å². The molecule has 0 N–H and O–H groups in total. The van der Waals surface area contributed by atoms with Crippen molar-refractivity contribution in [3.05, 3.63) is 29.0 Å². The molecule has 0 aliphatic heterocycles. The summed E-state index contributed by atoms with van der Waals surface area (Å²) < 4.78 is 11.6. The largest absolute Gasteiger partial charge is 0.513 e. The van der Waals surface area contributed by atoms with Gasteiger partial charge in [0.25, 0.3) is 0 Å². The van der Waals surface area contributed by atoms with Crippen LogP contribution in [0.4, 0.5) is 4.79 Å². The van der Waals surface area contributed by atoms with Gasteiger partial charge in [-0.3, -0.25) is 0 Å². The molecule has 96 valence electrons. The van der Waals surface area contributed by atoms with E-state index in [1.165, 1.54) is 0 Å². The zero-order chi connectivity index (χ0) is 13.1. The van der Waals surface area contributed by atoms with Gasteiger partial charge in [-0.25, -0.2) is 9.31 Å². The molecule has 0 radical (unpaired) electrons. The normalized spacial score (nSPS) is 10.6. The SMILES string of the molecule is CCOC(=O)Oc1c(CC)nn2ccc(Cl)cc12. The molecule has 0 unspecified atom stereocenters. The van der Waals surface area contributed by atoms with E-state index in [1.54, 1.807) is 29.8 Å². The number of carbonyl (C=O) groups excluding carboxylic acids is 1. The molecule has 0 spiro atoms. The van der Waals surface area contributed by atoms with Gasteiger partial charge < -0.3 is 9.47 Å². The summed E-state index contributed by atoms with van der Waals surface area (Å²) in [7, 11) is 0. The molecule has 0 amide bonds. The van der Waals surface area contributed by atoms with Gasteiger partial charge in [0.15, 0.2) is 5.75 Å². The molecule has 0 bridgehead atoms. The summed E-state index contributed by atoms with van der Waals surface area (Å²) in [5.74, 6) is 0.401. The van der Waals surface area contributed by atoms with Crippen molar-refractivity contribution in [1.29, 1.82) is 0 Å². The molecule has 5 nitrogen and oxygen atoms in total. The Morgan fingerprint density at radius 3 is 2.94 bits per heavy atom. The maximum absolute atomic E-state index is 11.4. The molecule has 0 fully saturated rings. The predicted octanol–water partition coefficient (Wildman–Crippen LogP) is 3.09. The molecule has 18 heavy (non-hydrogen) atoms. The molecule has 2 aromatic rings. The minimum absolute atomic E-state index is 0.264. The Morgan fingerprint density at radius 2 is 2.28 bits per heavy atom. The van der Waals surface area contributed by atoms with Crippen molar-refractivity contribution < 1.29 is 14.3 Å². The summed E-state index contributed by atoms with van der Waals surface area (Å²) in [4.78, 5) is 11.4. The van der Waals surface area contributed by atoms with Crippen LogP contribution in [0.25, 0.3) is 5.52 Å². The first-order valence-electron chi connectivity index (χ1n) is 5.67. The summed E-state index contributed by atoms with van der Waals surface area (Å²) in [5.41, 5.74) is 1.33. The van der Waals surface area contributed by atoms with E-state index in [9.17, 15) is 4.79 Å². The van der Waals surface area contributed by atoms with Crippen molar-refractivity contribution in [3.8, 4) is 5.75 Å². The minimum atomic E-state index is -0.734. The summed E-state index contributed by atoms with van der Waals surface area (Å²) in [6.07, 6.45) is 1.63. The Kier molecular flexibility index (Phi) is 3.72. The van der Waals surface area contributed by atoms with Gasteiger partial charge in [0.05, 0.1) is 6.61 Å². The van der Waals surface area contributed by atoms with E-state index >= 15 is 0 Å². The highest BCUT2D eigenvalue weighted by atomic mass is 35.5. The zero-order valence-electron chi connectivity index (χ0n) is 10.1. The lowest BCUT2D eigenvalue weighted by atomic mass is 10.3. The Labute approximate surface area is 109 Å². The summed E-state index contributed by atoms with van der Waals surface area (Å²) >= 11 is 5.93. The molecule has 0 aliphatic rings. The van der Waals surface area contributed by atoms with Crippen LogP contribution in [0.3, 0.4) is 0 Å². The number of nitrogens with zero attached hydrogens (tertiary/aromatic N) is 2. The predicted molar refractivity (Wildman–Crippen MR) is 67.2 cm³/mol. The van der Waals surface area contributed by atoms with Gasteiger partial charge in [0, 0.05) is 11.2 Å². The van der Waals surface area contributed by atoms with Crippen LogP contribution in [0.1, 0.15) is 19.5 Å². The molecule has 2 rings (SSSR count). The first kappa shape index (κ1) is 12.7. The first-order chi connectivity index (χ1) is 8.65. The number of hydrogen-bond acceptors (Lipinski definition) is 4. The lowest BCUT2D eigenvalue weighted by Gasteiger charge is -2.03. The van der Waals surface area contributed by atoms with E-state index in [0.29, 0.717) is 28.4 Å². The van der Waals surface area contributed by atoms with Crippen LogP contribution in [0.15, 0.2) is 18.3 Å². The van der Waals surface area contributed by atoms with Crippen molar-refractivity contribution in [3.63, 3.8) is 0 Å². The molecule has 2 heterocycles. The molecule has 0 aliphatic carbocycles. The number of halogens is 1. The van der Waals surface area contributed by atoms with Gasteiger partial charge in [-0.05, 0) is 25.5 Å². The van der Waals surface area contributed by atoms with Crippen LogP contribution in [-0.4, -0.2) is 22.4 Å². The lowest BCUT2D eigenvalue weighted by Crippen LogP contribution is -2.10. The molecular weight excluding hydrogens is 256 g/mol. The van der Waals surface area contributed by atoms with Gasteiger partial charge >= 0.3 is 6.16 Å². The molecule has 0 saturated heterocycles. The second-order valence-electron chi connectivity index (χ2n) is 3.59. The van der Waals surface area contributed by atoms with Crippen LogP contribution in [0.2, 0.25) is 5.02 Å². The Bertz CT molecular complexity index is 580. The average Bonchev–Trinajstić information content (AvgIpc) is 2.67. The number of fused-ring (bicyclic) bond motifs is 1. The fraction of sp³-hybridized carbons (Fsp3) is 0.333. The minimum Gasteiger partial charge on any atom is -0.434 e. The maximum Gasteiger partial charge on any atom is 0.513 e. The van der Waals surface area contributed by atoms with Gasteiger partial charge in [-0.2, -0.15) is 5.10 Å². The number of carbonyl (C=O) groups is 1. The number of ether oxygens (including phenoxy) is 2. The number of aromatic nitrogens is 2. The lowest BCUT2D eigenvalue weighted by molar-refractivity contribution is 0.104. The van der Waals surface area contributed by atoms with E-state index in [1.807, 2.05) is 6.92 Å². The average molecular weight is 269 g/mol. The quantitative estimate of drug-likeness (QED) is 0.803. The summed E-state index contributed by atoms with van der Waals surface area (Å²) in [6, 6.07) is 3.41. The Morgan fingerprint density at radius 1 is 1.50 bits per heavy atom. The van der Waals surface area contributed by atoms with Crippen LogP contribution in [0.5, 0.6) is 5.75 Å². The smallest absolute Gasteiger partial charge is 0.434 e. The van der Waals surface area contributed by atoms with Crippen molar-refractivity contribution in [2.24, 2.45) is 0 Å². The van der Waals surface area contributed by atoms with Crippen LogP contribution < -0.4 is 4.74 Å². The van der Waals surface area contributed by atoms with E-state index < -0.39 is 6.16 Å². The highest BCUT2D eigenvalue weighted by Gasteiger charge is 2.17. The molecular formula is C12H13ClN2O3. The summed E-state index contributed by atoms with van der Waals surface area (Å²) in [6.45, 7) is 3.91. The molecule has 0 saturated carbocycles. The highest BCUT2D eigenvalue weighted by Crippen LogP contribution is 2.27. The third-order valence-electron chi connectivity index (χ3n) is 2.40. The number of aryl methyl sites for hydroxylation is 1. The van der Waals surface area contributed by atoms with Gasteiger partial charge in [-0.1, -0.05) is 18.5 Å². The Hall–Kier alpha value is -1.75. The fourth-order valence-electron chi connectivity index (χ4n) is 1.62. The molecule has 2 aromatic heterocycles. The van der Waals surface area contributed by atoms with Crippen molar-refractivity contribution >= 4 is 23.3 Å². The maximum atomic E-state index is 11.4.